The molecule has 0 atom stereocenters. The molecule has 108 valence electrons. The van der Waals surface area contributed by atoms with Crippen molar-refractivity contribution in [3.8, 4) is 5.75 Å². The summed E-state index contributed by atoms with van der Waals surface area (Å²) < 4.78 is 5.31. The van der Waals surface area contributed by atoms with E-state index in [-0.39, 0.29) is 18.4 Å². The van der Waals surface area contributed by atoms with Gasteiger partial charge < -0.3 is 15.4 Å². The summed E-state index contributed by atoms with van der Waals surface area (Å²) in [5.74, 6) is 0.0493. The van der Waals surface area contributed by atoms with E-state index in [1.807, 2.05) is 0 Å². The summed E-state index contributed by atoms with van der Waals surface area (Å²) in [6, 6.07) is 10.1. The van der Waals surface area contributed by atoms with Gasteiger partial charge in [0, 0.05) is 36.8 Å². The lowest BCUT2D eigenvalue weighted by atomic mass is 10.2. The molecule has 6 nitrogen and oxygen atoms in total. The summed E-state index contributed by atoms with van der Waals surface area (Å²) in [5.41, 5.74) is 1.10. The molecule has 0 unspecified atom stereocenters. The van der Waals surface area contributed by atoms with Crippen LogP contribution >= 0.6 is 0 Å². The molecule has 2 aromatic rings. The molecule has 6 heteroatoms. The summed E-state index contributed by atoms with van der Waals surface area (Å²) in [4.78, 5) is 27.0. The normalized spacial score (nSPS) is 9.76. The van der Waals surface area contributed by atoms with Gasteiger partial charge in [0.1, 0.15) is 5.75 Å². The molecule has 0 saturated heterocycles. The maximum absolute atomic E-state index is 12.0. The number of rotatable bonds is 5. The second-order valence-corrected chi connectivity index (χ2v) is 4.18. The Labute approximate surface area is 122 Å². The first-order valence-corrected chi connectivity index (χ1v) is 6.34. The van der Waals surface area contributed by atoms with Crippen LogP contribution in [0.1, 0.15) is 10.4 Å². The number of pyridine rings is 1. The molecular formula is C15H15N3O3. The summed E-state index contributed by atoms with van der Waals surface area (Å²) in [6.07, 6.45) is 3.11. The van der Waals surface area contributed by atoms with Crippen LogP contribution in [0.4, 0.5) is 5.69 Å². The van der Waals surface area contributed by atoms with E-state index in [0.29, 0.717) is 17.0 Å². The van der Waals surface area contributed by atoms with Crippen LogP contribution in [0.3, 0.4) is 0 Å². The van der Waals surface area contributed by atoms with Gasteiger partial charge >= 0.3 is 0 Å². The second-order valence-electron chi connectivity index (χ2n) is 4.18. The molecule has 2 amide bonds. The Morgan fingerprint density at radius 1 is 1.19 bits per heavy atom. The number of carbonyl (C=O) groups excluding carboxylic acids is 2. The van der Waals surface area contributed by atoms with E-state index in [0.717, 1.165) is 0 Å². The number of nitrogens with zero attached hydrogens (tertiary/aromatic N) is 1. The van der Waals surface area contributed by atoms with Gasteiger partial charge in [0.2, 0.25) is 0 Å². The van der Waals surface area contributed by atoms with Crippen molar-refractivity contribution in [3.05, 3.63) is 54.4 Å². The topological polar surface area (TPSA) is 80.3 Å². The summed E-state index contributed by atoms with van der Waals surface area (Å²) in [5, 5.41) is 5.22. The summed E-state index contributed by atoms with van der Waals surface area (Å²) in [7, 11) is 1.54. The van der Waals surface area contributed by atoms with Crippen LogP contribution < -0.4 is 15.4 Å². The summed E-state index contributed by atoms with van der Waals surface area (Å²) >= 11 is 0. The highest BCUT2D eigenvalue weighted by Crippen LogP contribution is 2.18. The molecule has 0 aliphatic heterocycles. The highest BCUT2D eigenvalue weighted by atomic mass is 16.5. The maximum atomic E-state index is 12.0. The van der Waals surface area contributed by atoms with Gasteiger partial charge in [-0.15, -0.1) is 0 Å². The van der Waals surface area contributed by atoms with Crippen molar-refractivity contribution in [2.45, 2.75) is 0 Å². The summed E-state index contributed by atoms with van der Waals surface area (Å²) in [6.45, 7) is -0.0712. The molecule has 0 bridgehead atoms. The SMILES string of the molecule is CNC(=O)COc1cccc(NC(=O)c2ccncc2)c1. The van der Waals surface area contributed by atoms with Crippen LogP contribution in [0.2, 0.25) is 0 Å². The third-order valence-electron chi connectivity index (χ3n) is 2.68. The van der Waals surface area contributed by atoms with Crippen LogP contribution in [-0.4, -0.2) is 30.5 Å². The number of hydrogen-bond donors (Lipinski definition) is 2. The minimum absolute atomic E-state index is 0.0712. The van der Waals surface area contributed by atoms with Gasteiger partial charge in [-0.1, -0.05) is 6.07 Å². The quantitative estimate of drug-likeness (QED) is 0.871. The molecule has 2 rings (SSSR count). The van der Waals surface area contributed by atoms with Crippen molar-refractivity contribution in [2.75, 3.05) is 19.0 Å². The predicted octanol–water partition coefficient (Wildman–Crippen LogP) is 1.46. The fourth-order valence-electron chi connectivity index (χ4n) is 1.59. The van der Waals surface area contributed by atoms with Gasteiger partial charge in [0.25, 0.3) is 11.8 Å². The minimum atomic E-state index is -0.235. The fraction of sp³-hybridized carbons (Fsp3) is 0.133. The Bertz CT molecular complexity index is 629. The molecule has 2 N–H and O–H groups in total. The Balaban J connectivity index is 2.01. The van der Waals surface area contributed by atoms with Gasteiger partial charge in [0.15, 0.2) is 6.61 Å². The highest BCUT2D eigenvalue weighted by molar-refractivity contribution is 6.04. The van der Waals surface area contributed by atoms with Crippen LogP contribution in [0.5, 0.6) is 5.75 Å². The molecule has 0 aliphatic carbocycles. The molecule has 0 aliphatic rings. The number of anilines is 1. The fourth-order valence-corrected chi connectivity index (χ4v) is 1.59. The Kier molecular flexibility index (Phi) is 4.87. The standard InChI is InChI=1S/C15H15N3O3/c1-16-14(19)10-21-13-4-2-3-12(9-13)18-15(20)11-5-7-17-8-6-11/h2-9H,10H2,1H3,(H,16,19)(H,18,20). The number of amides is 2. The molecule has 0 spiro atoms. The monoisotopic (exact) mass is 285 g/mol. The number of carbonyl (C=O) groups is 2. The first kappa shape index (κ1) is 14.5. The van der Waals surface area contributed by atoms with Crippen molar-refractivity contribution in [2.24, 2.45) is 0 Å². The van der Waals surface area contributed by atoms with E-state index in [1.165, 1.54) is 7.05 Å². The second kappa shape index (κ2) is 7.04. The van der Waals surface area contributed by atoms with Crippen LogP contribution in [0.25, 0.3) is 0 Å². The van der Waals surface area contributed by atoms with E-state index in [9.17, 15) is 9.59 Å². The lowest BCUT2D eigenvalue weighted by Crippen LogP contribution is -2.24. The lowest BCUT2D eigenvalue weighted by Gasteiger charge is -2.08. The minimum Gasteiger partial charge on any atom is -0.484 e. The predicted molar refractivity (Wildman–Crippen MR) is 78.2 cm³/mol. The van der Waals surface area contributed by atoms with E-state index in [1.54, 1.807) is 48.8 Å². The third kappa shape index (κ3) is 4.31. The Morgan fingerprint density at radius 3 is 2.67 bits per heavy atom. The first-order valence-electron chi connectivity index (χ1n) is 6.34. The smallest absolute Gasteiger partial charge is 0.257 e. The Hall–Kier alpha value is -2.89. The molecular weight excluding hydrogens is 270 g/mol. The van der Waals surface area contributed by atoms with E-state index in [4.69, 9.17) is 4.74 Å². The van der Waals surface area contributed by atoms with Crippen molar-refractivity contribution < 1.29 is 14.3 Å². The maximum Gasteiger partial charge on any atom is 0.257 e. The number of hydrogen-bond acceptors (Lipinski definition) is 4. The van der Waals surface area contributed by atoms with Crippen molar-refractivity contribution in [1.29, 1.82) is 0 Å². The number of nitrogens with one attached hydrogen (secondary N) is 2. The van der Waals surface area contributed by atoms with E-state index >= 15 is 0 Å². The van der Waals surface area contributed by atoms with Gasteiger partial charge in [-0.3, -0.25) is 14.6 Å². The average Bonchev–Trinajstić information content (AvgIpc) is 2.53. The molecule has 21 heavy (non-hydrogen) atoms. The van der Waals surface area contributed by atoms with E-state index in [2.05, 4.69) is 15.6 Å². The zero-order chi connectivity index (χ0) is 15.1. The van der Waals surface area contributed by atoms with Gasteiger partial charge in [0.05, 0.1) is 0 Å². The molecule has 1 aromatic heterocycles. The molecule has 1 heterocycles. The lowest BCUT2D eigenvalue weighted by molar-refractivity contribution is -0.122. The number of likely N-dealkylation sites (N-methyl/N-ethyl adjacent to an activating group) is 1. The number of benzene rings is 1. The van der Waals surface area contributed by atoms with Crippen LogP contribution in [0, 0.1) is 0 Å². The zero-order valence-corrected chi connectivity index (χ0v) is 11.5. The zero-order valence-electron chi connectivity index (χ0n) is 11.5. The van der Waals surface area contributed by atoms with Crippen molar-refractivity contribution in [3.63, 3.8) is 0 Å². The number of ether oxygens (including phenoxy) is 1. The third-order valence-corrected chi connectivity index (χ3v) is 2.68. The molecule has 0 radical (unpaired) electrons. The Morgan fingerprint density at radius 2 is 1.95 bits per heavy atom. The van der Waals surface area contributed by atoms with Crippen molar-refractivity contribution >= 4 is 17.5 Å². The van der Waals surface area contributed by atoms with Crippen LogP contribution in [0.15, 0.2) is 48.8 Å². The van der Waals surface area contributed by atoms with E-state index < -0.39 is 0 Å². The van der Waals surface area contributed by atoms with Gasteiger partial charge in [-0.05, 0) is 24.3 Å². The van der Waals surface area contributed by atoms with Gasteiger partial charge in [-0.25, -0.2) is 0 Å². The highest BCUT2D eigenvalue weighted by Gasteiger charge is 2.06. The number of aromatic nitrogens is 1. The first-order chi connectivity index (χ1) is 10.2. The van der Waals surface area contributed by atoms with Gasteiger partial charge in [-0.2, -0.15) is 0 Å². The average molecular weight is 285 g/mol. The van der Waals surface area contributed by atoms with Crippen LogP contribution in [-0.2, 0) is 4.79 Å². The molecule has 0 fully saturated rings. The molecule has 1 aromatic carbocycles. The van der Waals surface area contributed by atoms with Crippen molar-refractivity contribution in [1.82, 2.24) is 10.3 Å². The molecule has 0 saturated carbocycles. The largest absolute Gasteiger partial charge is 0.484 e.